The molecule has 3 aromatic rings. The van der Waals surface area contributed by atoms with Crippen molar-refractivity contribution in [2.75, 3.05) is 5.32 Å². The fourth-order valence-electron chi connectivity index (χ4n) is 2.69. The summed E-state index contributed by atoms with van der Waals surface area (Å²) >= 11 is 3.38. The highest BCUT2D eigenvalue weighted by Gasteiger charge is 2.09. The number of halogens is 1. The minimum Gasteiger partial charge on any atom is -0.488 e. The molecule has 0 radical (unpaired) electrons. The average Bonchev–Trinajstić information content (AvgIpc) is 2.68. The monoisotopic (exact) mass is 438 g/mol. The Bertz CT molecular complexity index is 987. The molecule has 0 fully saturated rings. The van der Waals surface area contributed by atoms with Crippen LogP contribution in [0.5, 0.6) is 5.75 Å². The number of para-hydroxylation sites is 1. The normalized spacial score (nSPS) is 10.3. The maximum Gasteiger partial charge on any atom is 0.252 e. The number of nitrogens with one attached hydrogen (secondary N) is 1. The highest BCUT2D eigenvalue weighted by atomic mass is 79.9. The van der Waals surface area contributed by atoms with Gasteiger partial charge in [-0.25, -0.2) is 0 Å². The maximum absolute atomic E-state index is 12.3. The molecule has 0 aliphatic carbocycles. The summed E-state index contributed by atoms with van der Waals surface area (Å²) in [5.41, 5.74) is 8.18. The van der Waals surface area contributed by atoms with Gasteiger partial charge in [0.1, 0.15) is 12.4 Å². The van der Waals surface area contributed by atoms with Crippen molar-refractivity contribution in [2.45, 2.75) is 13.0 Å². The molecule has 0 saturated carbocycles. The number of ether oxygens (including phenoxy) is 1. The number of carbonyl (C=O) groups excluding carboxylic acids is 2. The first-order valence-corrected chi connectivity index (χ1v) is 9.45. The molecule has 0 unspecified atom stereocenters. The fourth-order valence-corrected chi connectivity index (χ4v) is 2.95. The number of hydrogen-bond donors (Lipinski definition) is 2. The van der Waals surface area contributed by atoms with E-state index in [1.54, 1.807) is 24.3 Å². The number of amides is 2. The second-order valence-electron chi connectivity index (χ2n) is 6.20. The molecule has 3 rings (SSSR count). The van der Waals surface area contributed by atoms with Gasteiger partial charge in [0, 0.05) is 10.2 Å². The van der Waals surface area contributed by atoms with E-state index in [1.165, 1.54) is 0 Å². The number of rotatable bonds is 7. The summed E-state index contributed by atoms with van der Waals surface area (Å²) in [5, 5.41) is 2.89. The highest BCUT2D eigenvalue weighted by Crippen LogP contribution is 2.20. The zero-order valence-electron chi connectivity index (χ0n) is 15.0. The molecule has 0 aliphatic heterocycles. The average molecular weight is 439 g/mol. The summed E-state index contributed by atoms with van der Waals surface area (Å²) in [4.78, 5) is 23.7. The Hall–Kier alpha value is -3.12. The van der Waals surface area contributed by atoms with Crippen molar-refractivity contribution in [1.29, 1.82) is 0 Å². The molecule has 0 bridgehead atoms. The van der Waals surface area contributed by atoms with Crippen molar-refractivity contribution in [2.24, 2.45) is 5.73 Å². The van der Waals surface area contributed by atoms with Gasteiger partial charge < -0.3 is 15.8 Å². The van der Waals surface area contributed by atoms with Crippen molar-refractivity contribution < 1.29 is 14.3 Å². The number of primary amides is 1. The molecule has 0 atom stereocenters. The summed E-state index contributed by atoms with van der Waals surface area (Å²) in [6, 6.07) is 21.8. The SMILES string of the molecule is NC(=O)c1ccccc1OCc1cccc(NC(=O)Cc2ccc(Br)cc2)c1. The molecule has 6 heteroatoms. The maximum atomic E-state index is 12.3. The largest absolute Gasteiger partial charge is 0.488 e. The minimum absolute atomic E-state index is 0.0977. The first kappa shape index (κ1) is 19.6. The van der Waals surface area contributed by atoms with E-state index in [9.17, 15) is 9.59 Å². The van der Waals surface area contributed by atoms with E-state index in [2.05, 4.69) is 21.2 Å². The van der Waals surface area contributed by atoms with Crippen LogP contribution in [-0.4, -0.2) is 11.8 Å². The molecule has 3 aromatic carbocycles. The van der Waals surface area contributed by atoms with Crippen molar-refractivity contribution >= 4 is 33.4 Å². The predicted octanol–water partition coefficient (Wildman–Crippen LogP) is 4.31. The Morgan fingerprint density at radius 2 is 1.68 bits per heavy atom. The van der Waals surface area contributed by atoms with Crippen molar-refractivity contribution in [3.05, 3.63) is 94.0 Å². The lowest BCUT2D eigenvalue weighted by molar-refractivity contribution is -0.115. The van der Waals surface area contributed by atoms with E-state index < -0.39 is 5.91 Å². The molecule has 0 aromatic heterocycles. The van der Waals surface area contributed by atoms with Gasteiger partial charge in [-0.3, -0.25) is 9.59 Å². The lowest BCUT2D eigenvalue weighted by Crippen LogP contribution is -2.14. The van der Waals surface area contributed by atoms with Crippen LogP contribution in [-0.2, 0) is 17.8 Å². The lowest BCUT2D eigenvalue weighted by atomic mass is 10.1. The smallest absolute Gasteiger partial charge is 0.252 e. The van der Waals surface area contributed by atoms with E-state index in [4.69, 9.17) is 10.5 Å². The van der Waals surface area contributed by atoms with Crippen LogP contribution in [0.2, 0.25) is 0 Å². The second kappa shape index (κ2) is 9.19. The quantitative estimate of drug-likeness (QED) is 0.576. The van der Waals surface area contributed by atoms with Crippen LogP contribution in [0.4, 0.5) is 5.69 Å². The zero-order chi connectivity index (χ0) is 19.9. The van der Waals surface area contributed by atoms with Crippen LogP contribution >= 0.6 is 15.9 Å². The number of nitrogens with two attached hydrogens (primary N) is 1. The topological polar surface area (TPSA) is 81.4 Å². The van der Waals surface area contributed by atoms with Gasteiger partial charge in [0.25, 0.3) is 5.91 Å². The molecule has 0 heterocycles. The number of anilines is 1. The van der Waals surface area contributed by atoms with E-state index in [1.807, 2.05) is 48.5 Å². The third kappa shape index (κ3) is 5.44. The highest BCUT2D eigenvalue weighted by molar-refractivity contribution is 9.10. The zero-order valence-corrected chi connectivity index (χ0v) is 16.6. The third-order valence-electron chi connectivity index (χ3n) is 4.04. The van der Waals surface area contributed by atoms with Crippen LogP contribution in [0, 0.1) is 0 Å². The van der Waals surface area contributed by atoms with Crippen LogP contribution in [0.25, 0.3) is 0 Å². The predicted molar refractivity (Wildman–Crippen MR) is 112 cm³/mol. The summed E-state index contributed by atoms with van der Waals surface area (Å²) < 4.78 is 6.71. The van der Waals surface area contributed by atoms with Gasteiger partial charge in [0.05, 0.1) is 12.0 Å². The molecule has 0 spiro atoms. The van der Waals surface area contributed by atoms with Crippen LogP contribution in [0.3, 0.4) is 0 Å². The third-order valence-corrected chi connectivity index (χ3v) is 4.56. The second-order valence-corrected chi connectivity index (χ2v) is 7.12. The molecule has 3 N–H and O–H groups in total. The first-order chi connectivity index (χ1) is 13.5. The summed E-state index contributed by atoms with van der Waals surface area (Å²) in [6.45, 7) is 0.251. The Balaban J connectivity index is 1.62. The van der Waals surface area contributed by atoms with E-state index in [0.717, 1.165) is 15.6 Å². The van der Waals surface area contributed by atoms with E-state index in [-0.39, 0.29) is 12.5 Å². The Morgan fingerprint density at radius 1 is 0.929 bits per heavy atom. The van der Waals surface area contributed by atoms with Crippen LogP contribution in [0.1, 0.15) is 21.5 Å². The Labute approximate surface area is 171 Å². The van der Waals surface area contributed by atoms with Gasteiger partial charge >= 0.3 is 0 Å². The molecular formula is C22H19BrN2O3. The number of carbonyl (C=O) groups is 2. The van der Waals surface area contributed by atoms with Gasteiger partial charge in [-0.15, -0.1) is 0 Å². The molecule has 28 heavy (non-hydrogen) atoms. The van der Waals surface area contributed by atoms with Gasteiger partial charge in [-0.1, -0.05) is 52.3 Å². The van der Waals surface area contributed by atoms with E-state index >= 15 is 0 Å². The summed E-state index contributed by atoms with van der Waals surface area (Å²) in [6.07, 6.45) is 0.292. The van der Waals surface area contributed by atoms with Gasteiger partial charge in [0.15, 0.2) is 0 Å². The molecular weight excluding hydrogens is 420 g/mol. The Morgan fingerprint density at radius 3 is 2.43 bits per heavy atom. The molecule has 2 amide bonds. The lowest BCUT2D eigenvalue weighted by Gasteiger charge is -2.11. The van der Waals surface area contributed by atoms with Gasteiger partial charge in [-0.2, -0.15) is 0 Å². The van der Waals surface area contributed by atoms with E-state index in [0.29, 0.717) is 23.4 Å². The van der Waals surface area contributed by atoms with Gasteiger partial charge in [0.2, 0.25) is 5.91 Å². The van der Waals surface area contributed by atoms with Crippen molar-refractivity contribution in [3.8, 4) is 5.75 Å². The standard InChI is InChI=1S/C22H19BrN2O3/c23-17-10-8-15(9-11-17)13-21(26)25-18-5-3-4-16(12-18)14-28-20-7-2-1-6-19(20)22(24)27/h1-12H,13-14H2,(H2,24,27)(H,25,26). The Kier molecular flexibility index (Phi) is 6.45. The number of benzene rings is 3. The fraction of sp³-hybridized carbons (Fsp3) is 0.0909. The van der Waals surface area contributed by atoms with Gasteiger partial charge in [-0.05, 0) is 47.5 Å². The minimum atomic E-state index is -0.537. The van der Waals surface area contributed by atoms with Crippen molar-refractivity contribution in [1.82, 2.24) is 0 Å². The molecule has 0 saturated heterocycles. The summed E-state index contributed by atoms with van der Waals surface area (Å²) in [7, 11) is 0. The molecule has 5 nitrogen and oxygen atoms in total. The van der Waals surface area contributed by atoms with Crippen molar-refractivity contribution in [3.63, 3.8) is 0 Å². The molecule has 0 aliphatic rings. The van der Waals surface area contributed by atoms with Crippen LogP contribution in [0.15, 0.2) is 77.3 Å². The number of hydrogen-bond acceptors (Lipinski definition) is 3. The molecule has 142 valence electrons. The summed E-state index contributed by atoms with van der Waals surface area (Å²) in [5.74, 6) is -0.205. The van der Waals surface area contributed by atoms with Crippen LogP contribution < -0.4 is 15.8 Å². The first-order valence-electron chi connectivity index (χ1n) is 8.66.